The molecular formula is C30H36ClN3O4S. The highest BCUT2D eigenvalue weighted by Crippen LogP contribution is 2.23. The van der Waals surface area contributed by atoms with Crippen LogP contribution >= 0.6 is 11.6 Å². The molecule has 0 aliphatic heterocycles. The normalized spacial score (nSPS) is 12.5. The van der Waals surface area contributed by atoms with E-state index in [1.807, 2.05) is 64.1 Å². The van der Waals surface area contributed by atoms with Crippen LogP contribution in [0.2, 0.25) is 5.02 Å². The van der Waals surface area contributed by atoms with E-state index in [0.29, 0.717) is 16.3 Å². The van der Waals surface area contributed by atoms with E-state index >= 15 is 0 Å². The van der Waals surface area contributed by atoms with Crippen LogP contribution in [0.4, 0.5) is 5.69 Å². The molecule has 3 aromatic carbocycles. The minimum atomic E-state index is -3.82. The van der Waals surface area contributed by atoms with Crippen LogP contribution in [0.5, 0.6) is 0 Å². The first-order valence-electron chi connectivity index (χ1n) is 12.7. The molecule has 1 N–H and O–H groups in total. The van der Waals surface area contributed by atoms with Crippen LogP contribution in [0.1, 0.15) is 37.5 Å². The number of amides is 2. The van der Waals surface area contributed by atoms with Crippen LogP contribution in [-0.2, 0) is 32.6 Å². The molecular weight excluding hydrogens is 534 g/mol. The molecule has 0 aromatic heterocycles. The lowest BCUT2D eigenvalue weighted by atomic mass is 10.0. The first-order valence-corrected chi connectivity index (χ1v) is 14.9. The van der Waals surface area contributed by atoms with Gasteiger partial charge in [0.25, 0.3) is 0 Å². The van der Waals surface area contributed by atoms with Gasteiger partial charge >= 0.3 is 0 Å². The molecule has 0 aliphatic carbocycles. The second-order valence-electron chi connectivity index (χ2n) is 10.7. The fourth-order valence-corrected chi connectivity index (χ4v) is 5.25. The van der Waals surface area contributed by atoms with Gasteiger partial charge in [0.1, 0.15) is 12.6 Å². The Labute approximate surface area is 236 Å². The van der Waals surface area contributed by atoms with Gasteiger partial charge in [0.2, 0.25) is 21.8 Å². The summed E-state index contributed by atoms with van der Waals surface area (Å²) in [6.07, 6.45) is 1.30. The second-order valence-corrected chi connectivity index (χ2v) is 13.0. The first-order chi connectivity index (χ1) is 18.2. The lowest BCUT2D eigenvalue weighted by Crippen LogP contribution is -2.56. The highest BCUT2D eigenvalue weighted by molar-refractivity contribution is 7.92. The summed E-state index contributed by atoms with van der Waals surface area (Å²) in [6.45, 7) is 7.01. The predicted octanol–water partition coefficient (Wildman–Crippen LogP) is 4.97. The second kappa shape index (κ2) is 12.7. The van der Waals surface area contributed by atoms with E-state index in [9.17, 15) is 18.0 Å². The van der Waals surface area contributed by atoms with Crippen molar-refractivity contribution in [1.29, 1.82) is 0 Å². The van der Waals surface area contributed by atoms with E-state index in [2.05, 4.69) is 5.32 Å². The minimum absolute atomic E-state index is 0.0268. The Hall–Kier alpha value is -3.36. The van der Waals surface area contributed by atoms with E-state index in [1.165, 1.54) is 4.90 Å². The van der Waals surface area contributed by atoms with Crippen molar-refractivity contribution in [3.05, 3.63) is 101 Å². The standard InChI is InChI=1S/C30H36ClN3O4S/c1-22-12-11-16-25(18-22)34(39(5,37)38)21-28(35)33(20-24-15-9-10-17-26(24)31)27(29(36)32-30(2,3)4)19-23-13-7-6-8-14-23/h6-18,27H,19-21H2,1-5H3,(H,32,36). The number of sulfonamides is 1. The Morgan fingerprint density at radius 1 is 0.949 bits per heavy atom. The van der Waals surface area contributed by atoms with Crippen molar-refractivity contribution in [3.63, 3.8) is 0 Å². The van der Waals surface area contributed by atoms with Crippen molar-refractivity contribution in [2.75, 3.05) is 17.1 Å². The zero-order chi connectivity index (χ0) is 28.8. The Balaban J connectivity index is 2.09. The van der Waals surface area contributed by atoms with Crippen molar-refractivity contribution in [2.45, 2.75) is 52.2 Å². The highest BCUT2D eigenvalue weighted by atomic mass is 35.5. The summed E-state index contributed by atoms with van der Waals surface area (Å²) >= 11 is 6.47. The molecule has 2 amide bonds. The number of benzene rings is 3. The molecule has 0 bridgehead atoms. The molecule has 39 heavy (non-hydrogen) atoms. The number of nitrogens with zero attached hydrogens (tertiary/aromatic N) is 2. The Bertz CT molecular complexity index is 1400. The van der Waals surface area contributed by atoms with Crippen molar-refractivity contribution in [1.82, 2.24) is 10.2 Å². The molecule has 0 fully saturated rings. The van der Waals surface area contributed by atoms with Gasteiger partial charge in [-0.3, -0.25) is 13.9 Å². The minimum Gasteiger partial charge on any atom is -0.350 e. The van der Waals surface area contributed by atoms with Crippen LogP contribution < -0.4 is 9.62 Å². The van der Waals surface area contributed by atoms with Gasteiger partial charge in [-0.25, -0.2) is 8.42 Å². The number of halogens is 1. The number of hydrogen-bond acceptors (Lipinski definition) is 4. The van der Waals surface area contributed by atoms with E-state index in [4.69, 9.17) is 11.6 Å². The number of hydrogen-bond donors (Lipinski definition) is 1. The maximum atomic E-state index is 14.1. The van der Waals surface area contributed by atoms with Gasteiger partial charge in [-0.1, -0.05) is 72.3 Å². The Morgan fingerprint density at radius 2 is 1.59 bits per heavy atom. The smallest absolute Gasteiger partial charge is 0.244 e. The number of carbonyl (C=O) groups is 2. The summed E-state index contributed by atoms with van der Waals surface area (Å²) in [5.74, 6) is -0.861. The third-order valence-corrected chi connectivity index (χ3v) is 7.55. The van der Waals surface area contributed by atoms with Gasteiger partial charge in [-0.15, -0.1) is 0 Å². The topological polar surface area (TPSA) is 86.8 Å². The average Bonchev–Trinajstić information content (AvgIpc) is 2.84. The van der Waals surface area contributed by atoms with Crippen molar-refractivity contribution in [2.24, 2.45) is 0 Å². The van der Waals surface area contributed by atoms with E-state index in [0.717, 1.165) is 21.7 Å². The Morgan fingerprint density at radius 3 is 2.18 bits per heavy atom. The monoisotopic (exact) mass is 569 g/mol. The summed E-state index contributed by atoms with van der Waals surface area (Å²) in [5, 5.41) is 3.45. The molecule has 208 valence electrons. The number of anilines is 1. The maximum Gasteiger partial charge on any atom is 0.244 e. The average molecular weight is 570 g/mol. The molecule has 7 nitrogen and oxygen atoms in total. The first kappa shape index (κ1) is 30.2. The van der Waals surface area contributed by atoms with Gasteiger partial charge in [-0.05, 0) is 62.6 Å². The summed E-state index contributed by atoms with van der Waals surface area (Å²) in [6, 6.07) is 22.5. The molecule has 0 spiro atoms. The molecule has 9 heteroatoms. The van der Waals surface area contributed by atoms with Crippen LogP contribution in [0, 0.1) is 6.92 Å². The van der Waals surface area contributed by atoms with Crippen LogP contribution in [0.25, 0.3) is 0 Å². The molecule has 3 rings (SSSR count). The number of rotatable bonds is 10. The lowest BCUT2D eigenvalue weighted by molar-refractivity contribution is -0.140. The summed E-state index contributed by atoms with van der Waals surface area (Å²) in [4.78, 5) is 29.2. The molecule has 1 atom stereocenters. The van der Waals surface area contributed by atoms with Gasteiger partial charge in [-0.2, -0.15) is 0 Å². The van der Waals surface area contributed by atoms with Gasteiger partial charge in [0.05, 0.1) is 11.9 Å². The number of nitrogens with one attached hydrogen (secondary N) is 1. The summed E-state index contributed by atoms with van der Waals surface area (Å²) in [5.41, 5.74) is 2.19. The quantitative estimate of drug-likeness (QED) is 0.373. The van der Waals surface area contributed by atoms with Crippen LogP contribution in [0.3, 0.4) is 0 Å². The van der Waals surface area contributed by atoms with E-state index in [1.54, 1.807) is 42.5 Å². The van der Waals surface area contributed by atoms with Crippen LogP contribution in [-0.4, -0.2) is 49.5 Å². The van der Waals surface area contributed by atoms with Gasteiger partial charge < -0.3 is 10.2 Å². The predicted molar refractivity (Wildman–Crippen MR) is 157 cm³/mol. The SMILES string of the molecule is Cc1cccc(N(CC(=O)N(Cc2ccccc2Cl)C(Cc2ccccc2)C(=O)NC(C)(C)C)S(C)(=O)=O)c1. The molecule has 0 aliphatic rings. The zero-order valence-corrected chi connectivity index (χ0v) is 24.6. The van der Waals surface area contributed by atoms with Crippen LogP contribution in [0.15, 0.2) is 78.9 Å². The molecule has 1 unspecified atom stereocenters. The third-order valence-electron chi connectivity index (χ3n) is 6.04. The lowest BCUT2D eigenvalue weighted by Gasteiger charge is -2.35. The number of aryl methyl sites for hydroxylation is 1. The molecule has 0 radical (unpaired) electrons. The molecule has 0 heterocycles. The summed E-state index contributed by atoms with van der Waals surface area (Å²) < 4.78 is 26.8. The van der Waals surface area contributed by atoms with Gasteiger partial charge in [0.15, 0.2) is 0 Å². The van der Waals surface area contributed by atoms with Crippen molar-refractivity contribution < 1.29 is 18.0 Å². The molecule has 0 saturated carbocycles. The Kier molecular flexibility index (Phi) is 9.80. The highest BCUT2D eigenvalue weighted by Gasteiger charge is 2.34. The number of carbonyl (C=O) groups excluding carboxylic acids is 2. The summed E-state index contributed by atoms with van der Waals surface area (Å²) in [7, 11) is -3.82. The van der Waals surface area contributed by atoms with Crippen molar-refractivity contribution >= 4 is 39.1 Å². The van der Waals surface area contributed by atoms with Gasteiger partial charge in [0, 0.05) is 23.5 Å². The largest absolute Gasteiger partial charge is 0.350 e. The maximum absolute atomic E-state index is 14.1. The zero-order valence-electron chi connectivity index (χ0n) is 23.0. The fraction of sp³-hybridized carbons (Fsp3) is 0.333. The van der Waals surface area contributed by atoms with E-state index < -0.39 is 34.1 Å². The molecule has 0 saturated heterocycles. The van der Waals surface area contributed by atoms with Crippen molar-refractivity contribution in [3.8, 4) is 0 Å². The molecule has 3 aromatic rings. The van der Waals surface area contributed by atoms with E-state index in [-0.39, 0.29) is 18.9 Å². The third kappa shape index (κ3) is 8.83. The fourth-order valence-electron chi connectivity index (χ4n) is 4.21.